The van der Waals surface area contributed by atoms with Crippen molar-refractivity contribution in [1.29, 1.82) is 0 Å². The summed E-state index contributed by atoms with van der Waals surface area (Å²) in [6, 6.07) is 0. The Kier molecular flexibility index (Phi) is 3.73. The number of carbonyl (C=O) groups excluding carboxylic acids is 1. The van der Waals surface area contributed by atoms with Crippen LogP contribution in [0.15, 0.2) is 0 Å². The van der Waals surface area contributed by atoms with E-state index in [9.17, 15) is 22.0 Å². The van der Waals surface area contributed by atoms with Crippen LogP contribution in [0.5, 0.6) is 0 Å². The number of rotatable bonds is 3. The maximum atomic E-state index is 12.4. The monoisotopic (exact) mass is 217 g/mol. The van der Waals surface area contributed by atoms with Crippen molar-refractivity contribution >= 4 is 15.3 Å². The maximum absolute atomic E-state index is 12.4. The van der Waals surface area contributed by atoms with Gasteiger partial charge in [-0.2, -0.15) is 8.78 Å². The van der Waals surface area contributed by atoms with E-state index in [-0.39, 0.29) is 6.42 Å². The average molecular weight is 217 g/mol. The smallest absolute Gasteiger partial charge is 0.388 e. The van der Waals surface area contributed by atoms with Crippen LogP contribution in [0.25, 0.3) is 0 Å². The van der Waals surface area contributed by atoms with E-state index in [0.29, 0.717) is 0 Å². The Morgan fingerprint density at radius 2 is 2.00 bits per heavy atom. The summed E-state index contributed by atoms with van der Waals surface area (Å²) in [4.78, 5) is 10.3. The van der Waals surface area contributed by atoms with Gasteiger partial charge < -0.3 is 4.74 Å². The highest BCUT2D eigenvalue weighted by molar-refractivity contribution is 8.03. The van der Waals surface area contributed by atoms with Crippen molar-refractivity contribution in [2.75, 3.05) is 0 Å². The molecule has 0 radical (unpaired) electrons. The van der Waals surface area contributed by atoms with Crippen LogP contribution in [-0.4, -0.2) is 19.8 Å². The summed E-state index contributed by atoms with van der Waals surface area (Å²) >= 11 is 0. The fraction of sp³-hybridized carbons (Fsp3) is 0.800. The topological polar surface area (TPSA) is 86.5 Å². The van der Waals surface area contributed by atoms with E-state index in [1.807, 2.05) is 0 Å². The number of ether oxygens (including phenoxy) is 1. The Bertz CT molecular complexity index is 287. The van der Waals surface area contributed by atoms with E-state index in [1.165, 1.54) is 6.92 Å². The quantitative estimate of drug-likeness (QED) is 0.708. The van der Waals surface area contributed by atoms with Gasteiger partial charge in [0.15, 0.2) is 0 Å². The second kappa shape index (κ2) is 3.97. The molecule has 13 heavy (non-hydrogen) atoms. The fourth-order valence-electron chi connectivity index (χ4n) is 0.522. The van der Waals surface area contributed by atoms with Gasteiger partial charge in [0.05, 0.1) is 6.42 Å². The Morgan fingerprint density at radius 3 is 2.31 bits per heavy atom. The summed E-state index contributed by atoms with van der Waals surface area (Å²) in [5.74, 6) is 0. The lowest BCUT2D eigenvalue weighted by atomic mass is 10.3. The van der Waals surface area contributed by atoms with Crippen LogP contribution in [0.2, 0.25) is 0 Å². The molecule has 0 aliphatic heterocycles. The van der Waals surface area contributed by atoms with Crippen LogP contribution in [0.4, 0.5) is 13.6 Å². The largest absolute Gasteiger partial charge is 0.444 e. The van der Waals surface area contributed by atoms with E-state index in [0.717, 1.165) is 0 Å². The van der Waals surface area contributed by atoms with E-state index in [1.54, 1.807) is 0 Å². The third kappa shape index (κ3) is 4.73. The Labute approximate surface area is 73.9 Å². The Morgan fingerprint density at radius 1 is 1.54 bits per heavy atom. The normalized spacial score (nSPS) is 12.6. The van der Waals surface area contributed by atoms with Crippen LogP contribution < -0.4 is 5.14 Å². The standard InChI is InChI=1S/C5H9F2NO4S/c1-2-3-5(6,7)12-4(9)13(8,10)11/h2-3H2,1H3,(H2,8,10,11). The third-order valence-electron chi connectivity index (χ3n) is 1.01. The van der Waals surface area contributed by atoms with Crippen LogP contribution in [-0.2, 0) is 14.8 Å². The molecular formula is C5H9F2NO4S. The molecule has 0 spiro atoms. The number of hydrogen-bond acceptors (Lipinski definition) is 4. The van der Waals surface area contributed by atoms with Crippen molar-refractivity contribution in [2.24, 2.45) is 5.14 Å². The molecular weight excluding hydrogens is 208 g/mol. The first kappa shape index (κ1) is 12.2. The zero-order valence-corrected chi connectivity index (χ0v) is 7.61. The van der Waals surface area contributed by atoms with Gasteiger partial charge in [0.1, 0.15) is 0 Å². The summed E-state index contributed by atoms with van der Waals surface area (Å²) < 4.78 is 48.6. The predicted octanol–water partition coefficient (Wildman–Crippen LogP) is 0.804. The van der Waals surface area contributed by atoms with Crippen molar-refractivity contribution in [2.45, 2.75) is 25.9 Å². The molecule has 78 valence electrons. The molecule has 0 amide bonds. The number of nitrogens with two attached hydrogens (primary N) is 1. The number of sulfonamides is 1. The van der Waals surface area contributed by atoms with Gasteiger partial charge in [-0.3, -0.25) is 0 Å². The SMILES string of the molecule is CCCC(F)(F)OC(=O)S(N)(=O)=O. The molecule has 0 heterocycles. The number of hydrogen-bond donors (Lipinski definition) is 1. The lowest BCUT2D eigenvalue weighted by Gasteiger charge is -2.14. The molecule has 0 saturated carbocycles. The van der Waals surface area contributed by atoms with Gasteiger partial charge in [-0.1, -0.05) is 6.92 Å². The predicted molar refractivity (Wildman–Crippen MR) is 39.4 cm³/mol. The molecule has 0 aromatic heterocycles. The summed E-state index contributed by atoms with van der Waals surface area (Å²) in [5.41, 5.74) is 0. The highest BCUT2D eigenvalue weighted by Gasteiger charge is 2.36. The second-order valence-electron chi connectivity index (χ2n) is 2.28. The maximum Gasteiger partial charge on any atom is 0.444 e. The molecule has 0 aliphatic rings. The van der Waals surface area contributed by atoms with Crippen LogP contribution >= 0.6 is 0 Å². The number of carbonyl (C=O) groups is 1. The molecule has 0 fully saturated rings. The summed E-state index contributed by atoms with van der Waals surface area (Å²) in [5, 5.41) is 2.13. The fourth-order valence-corrected chi connectivity index (χ4v) is 0.760. The van der Waals surface area contributed by atoms with Gasteiger partial charge in [-0.05, 0) is 6.42 Å². The summed E-state index contributed by atoms with van der Waals surface area (Å²) in [7, 11) is -4.70. The minimum Gasteiger partial charge on any atom is -0.388 e. The van der Waals surface area contributed by atoms with Gasteiger partial charge in [0, 0.05) is 0 Å². The van der Waals surface area contributed by atoms with Crippen molar-refractivity contribution < 1.29 is 26.7 Å². The van der Waals surface area contributed by atoms with Gasteiger partial charge in [-0.25, -0.2) is 18.4 Å². The van der Waals surface area contributed by atoms with Gasteiger partial charge >= 0.3 is 21.4 Å². The summed E-state index contributed by atoms with van der Waals surface area (Å²) in [6.07, 6.45) is -4.47. The molecule has 0 atom stereocenters. The minimum absolute atomic E-state index is 0.0465. The van der Waals surface area contributed by atoms with E-state index in [4.69, 9.17) is 0 Å². The molecule has 0 aromatic rings. The van der Waals surface area contributed by atoms with E-state index < -0.39 is 27.9 Å². The summed E-state index contributed by atoms with van der Waals surface area (Å²) in [6.45, 7) is 1.43. The van der Waals surface area contributed by atoms with Crippen molar-refractivity contribution in [1.82, 2.24) is 0 Å². The van der Waals surface area contributed by atoms with Crippen molar-refractivity contribution in [3.8, 4) is 0 Å². The highest BCUT2D eigenvalue weighted by atomic mass is 32.2. The molecule has 0 bridgehead atoms. The molecule has 8 heteroatoms. The first-order valence-electron chi connectivity index (χ1n) is 3.32. The van der Waals surface area contributed by atoms with E-state index >= 15 is 0 Å². The Hall–Kier alpha value is -0.760. The Balaban J connectivity index is 4.37. The molecule has 0 saturated heterocycles. The zero-order valence-electron chi connectivity index (χ0n) is 6.79. The molecule has 0 aliphatic carbocycles. The average Bonchev–Trinajstić information content (AvgIpc) is 1.83. The van der Waals surface area contributed by atoms with Crippen LogP contribution in [0.1, 0.15) is 19.8 Å². The van der Waals surface area contributed by atoms with E-state index in [2.05, 4.69) is 9.88 Å². The van der Waals surface area contributed by atoms with Crippen molar-refractivity contribution in [3.63, 3.8) is 0 Å². The van der Waals surface area contributed by atoms with Gasteiger partial charge in [0.25, 0.3) is 0 Å². The second-order valence-corrected chi connectivity index (χ2v) is 3.71. The number of halogens is 2. The molecule has 2 N–H and O–H groups in total. The lowest BCUT2D eigenvalue weighted by molar-refractivity contribution is -0.196. The molecule has 0 aromatic carbocycles. The highest BCUT2D eigenvalue weighted by Crippen LogP contribution is 2.22. The van der Waals surface area contributed by atoms with Crippen LogP contribution in [0.3, 0.4) is 0 Å². The first-order valence-corrected chi connectivity index (χ1v) is 4.87. The number of primary sulfonamides is 1. The number of alkyl halides is 2. The zero-order chi connectivity index (χ0) is 10.7. The molecule has 5 nitrogen and oxygen atoms in total. The van der Waals surface area contributed by atoms with Crippen molar-refractivity contribution in [3.05, 3.63) is 0 Å². The minimum atomic E-state index is -4.70. The molecule has 0 unspecified atom stereocenters. The lowest BCUT2D eigenvalue weighted by Crippen LogP contribution is -2.32. The van der Waals surface area contributed by atoms with Gasteiger partial charge in [0.2, 0.25) is 0 Å². The molecule has 0 rings (SSSR count). The third-order valence-corrected chi connectivity index (χ3v) is 1.55. The van der Waals surface area contributed by atoms with Crippen LogP contribution in [0, 0.1) is 0 Å². The first-order chi connectivity index (χ1) is 5.69. The van der Waals surface area contributed by atoms with Gasteiger partial charge in [-0.15, -0.1) is 0 Å².